The highest BCUT2D eigenvalue weighted by Crippen LogP contribution is 2.36. The molecule has 1 N–H and O–H groups in total. The molecule has 1 aromatic carbocycles. The molecule has 136 valence electrons. The average Bonchev–Trinajstić information content (AvgIpc) is 3.25. The molecule has 0 saturated carbocycles. The van der Waals surface area contributed by atoms with Crippen molar-refractivity contribution in [3.05, 3.63) is 41.5 Å². The van der Waals surface area contributed by atoms with Gasteiger partial charge in [0.15, 0.2) is 5.82 Å². The van der Waals surface area contributed by atoms with E-state index in [1.807, 2.05) is 45.0 Å². The molecule has 2 atom stereocenters. The van der Waals surface area contributed by atoms with Gasteiger partial charge in [-0.25, -0.2) is 0 Å². The van der Waals surface area contributed by atoms with E-state index in [-0.39, 0.29) is 12.0 Å². The Balaban J connectivity index is 1.76. The van der Waals surface area contributed by atoms with E-state index in [1.54, 1.807) is 7.11 Å². The van der Waals surface area contributed by atoms with Crippen LogP contribution in [-0.2, 0) is 12.1 Å². The first-order valence-electron chi connectivity index (χ1n) is 8.85. The van der Waals surface area contributed by atoms with Gasteiger partial charge in [0.25, 0.3) is 0 Å². The average molecular weight is 345 g/mol. The number of rotatable bonds is 6. The lowest BCUT2D eigenvalue weighted by atomic mass is 9.86. The van der Waals surface area contributed by atoms with Crippen molar-refractivity contribution in [1.82, 2.24) is 15.0 Å². The van der Waals surface area contributed by atoms with Gasteiger partial charge in [0.1, 0.15) is 11.4 Å². The Labute approximate surface area is 148 Å². The number of likely N-dealkylation sites (tertiary alicyclic amines) is 1. The number of aromatic nitrogens is 2. The smallest absolute Gasteiger partial charge is 0.240 e. The lowest BCUT2D eigenvalue weighted by molar-refractivity contribution is -0.0278. The monoisotopic (exact) mass is 345 g/mol. The Morgan fingerprint density at radius 1 is 1.36 bits per heavy atom. The molecule has 0 amide bonds. The van der Waals surface area contributed by atoms with Crippen LogP contribution in [0.3, 0.4) is 0 Å². The minimum atomic E-state index is -0.955. The van der Waals surface area contributed by atoms with Crippen LogP contribution in [0.2, 0.25) is 0 Å². The molecule has 2 aromatic rings. The van der Waals surface area contributed by atoms with Crippen molar-refractivity contribution in [2.45, 2.75) is 57.7 Å². The summed E-state index contributed by atoms with van der Waals surface area (Å²) in [5.74, 6) is 2.37. The molecule has 0 aliphatic carbocycles. The minimum Gasteiger partial charge on any atom is -0.497 e. The zero-order chi connectivity index (χ0) is 18.0. The lowest BCUT2D eigenvalue weighted by Gasteiger charge is -2.36. The summed E-state index contributed by atoms with van der Waals surface area (Å²) < 4.78 is 10.6. The second-order valence-electron chi connectivity index (χ2n) is 7.21. The summed E-state index contributed by atoms with van der Waals surface area (Å²) in [6.45, 7) is 7.45. The van der Waals surface area contributed by atoms with Crippen molar-refractivity contribution in [1.29, 1.82) is 0 Å². The molecule has 0 bridgehead atoms. The highest BCUT2D eigenvalue weighted by Gasteiger charge is 2.41. The normalized spacial score (nSPS) is 20.8. The molecule has 0 radical (unpaired) electrons. The quantitative estimate of drug-likeness (QED) is 0.867. The Morgan fingerprint density at radius 3 is 2.68 bits per heavy atom. The van der Waals surface area contributed by atoms with E-state index < -0.39 is 5.60 Å². The third kappa shape index (κ3) is 3.70. The van der Waals surface area contributed by atoms with Gasteiger partial charge in [-0.05, 0) is 44.0 Å². The van der Waals surface area contributed by atoms with E-state index in [0.29, 0.717) is 12.4 Å². The van der Waals surface area contributed by atoms with Crippen molar-refractivity contribution in [2.24, 2.45) is 0 Å². The third-order valence-corrected chi connectivity index (χ3v) is 5.03. The van der Waals surface area contributed by atoms with Crippen LogP contribution in [0.15, 0.2) is 28.8 Å². The molecule has 1 aliphatic rings. The van der Waals surface area contributed by atoms with Crippen LogP contribution < -0.4 is 4.74 Å². The van der Waals surface area contributed by atoms with Crippen LogP contribution >= 0.6 is 0 Å². The van der Waals surface area contributed by atoms with Crippen LogP contribution in [0.4, 0.5) is 0 Å². The molecule has 2 heterocycles. The molecule has 3 rings (SSSR count). The Morgan fingerprint density at radius 2 is 2.08 bits per heavy atom. The number of nitrogens with zero attached hydrogens (tertiary/aromatic N) is 3. The molecule has 1 saturated heterocycles. The third-order valence-electron chi connectivity index (χ3n) is 5.03. The Bertz CT molecular complexity index is 694. The van der Waals surface area contributed by atoms with Gasteiger partial charge in [0.2, 0.25) is 5.89 Å². The number of hydrogen-bond acceptors (Lipinski definition) is 6. The van der Waals surface area contributed by atoms with Crippen molar-refractivity contribution < 1.29 is 14.4 Å². The second kappa shape index (κ2) is 7.14. The van der Waals surface area contributed by atoms with Crippen LogP contribution in [0.25, 0.3) is 0 Å². The van der Waals surface area contributed by atoms with Crippen molar-refractivity contribution in [3.63, 3.8) is 0 Å². The van der Waals surface area contributed by atoms with Gasteiger partial charge in [-0.2, -0.15) is 4.98 Å². The molecule has 25 heavy (non-hydrogen) atoms. The molecule has 1 fully saturated rings. The molecular formula is C19H27N3O3. The van der Waals surface area contributed by atoms with Gasteiger partial charge in [-0.3, -0.25) is 4.90 Å². The summed E-state index contributed by atoms with van der Waals surface area (Å²) >= 11 is 0. The van der Waals surface area contributed by atoms with E-state index >= 15 is 0 Å². The highest BCUT2D eigenvalue weighted by molar-refractivity contribution is 5.31. The standard InChI is InChI=1S/C19H27N3O3/c1-13(2)18-20-17(25-21-18)12-22-11-5-6-16(22)19(3,23)14-7-9-15(24-4)10-8-14/h7-10,13,16,23H,5-6,11-12H2,1-4H3/t16-,19+/m1/s1. The fourth-order valence-corrected chi connectivity index (χ4v) is 3.51. The number of hydrogen-bond donors (Lipinski definition) is 1. The summed E-state index contributed by atoms with van der Waals surface area (Å²) in [6, 6.07) is 7.64. The summed E-state index contributed by atoms with van der Waals surface area (Å²) in [7, 11) is 1.64. The molecule has 0 spiro atoms. The first kappa shape index (κ1) is 17.9. The van der Waals surface area contributed by atoms with Crippen LogP contribution in [0, 0.1) is 0 Å². The number of ether oxygens (including phenoxy) is 1. The summed E-state index contributed by atoms with van der Waals surface area (Å²) in [5, 5.41) is 15.3. The molecular weight excluding hydrogens is 318 g/mol. The maximum atomic E-state index is 11.2. The first-order valence-corrected chi connectivity index (χ1v) is 8.85. The van der Waals surface area contributed by atoms with E-state index in [4.69, 9.17) is 9.26 Å². The predicted octanol–water partition coefficient (Wildman–Crippen LogP) is 3.07. The molecule has 6 nitrogen and oxygen atoms in total. The van der Waals surface area contributed by atoms with Gasteiger partial charge < -0.3 is 14.4 Å². The SMILES string of the molecule is COc1ccc([C@](C)(O)[C@H]2CCCN2Cc2nc(C(C)C)no2)cc1. The summed E-state index contributed by atoms with van der Waals surface area (Å²) in [6.07, 6.45) is 1.98. The first-order chi connectivity index (χ1) is 11.9. The number of benzene rings is 1. The largest absolute Gasteiger partial charge is 0.497 e. The van der Waals surface area contributed by atoms with E-state index in [9.17, 15) is 5.11 Å². The van der Waals surface area contributed by atoms with Crippen molar-refractivity contribution >= 4 is 0 Å². The summed E-state index contributed by atoms with van der Waals surface area (Å²) in [4.78, 5) is 6.71. The van der Waals surface area contributed by atoms with Crippen molar-refractivity contribution in [2.75, 3.05) is 13.7 Å². The predicted molar refractivity (Wildman–Crippen MR) is 94.4 cm³/mol. The fourth-order valence-electron chi connectivity index (χ4n) is 3.51. The molecule has 1 aliphatic heterocycles. The van der Waals surface area contributed by atoms with Gasteiger partial charge in [-0.1, -0.05) is 31.1 Å². The Hall–Kier alpha value is -1.92. The van der Waals surface area contributed by atoms with Gasteiger partial charge in [-0.15, -0.1) is 0 Å². The van der Waals surface area contributed by atoms with Gasteiger partial charge in [0.05, 0.1) is 13.7 Å². The highest BCUT2D eigenvalue weighted by atomic mass is 16.5. The summed E-state index contributed by atoms with van der Waals surface area (Å²) in [5.41, 5.74) is -0.0671. The number of methoxy groups -OCH3 is 1. The minimum absolute atomic E-state index is 0.00953. The van der Waals surface area contributed by atoms with Crippen LogP contribution in [0.5, 0.6) is 5.75 Å². The zero-order valence-electron chi connectivity index (χ0n) is 15.4. The molecule has 1 aromatic heterocycles. The van der Waals surface area contributed by atoms with Crippen molar-refractivity contribution in [3.8, 4) is 5.75 Å². The van der Waals surface area contributed by atoms with Crippen LogP contribution in [-0.4, -0.2) is 39.8 Å². The fraction of sp³-hybridized carbons (Fsp3) is 0.579. The van der Waals surface area contributed by atoms with E-state index in [0.717, 1.165) is 36.5 Å². The molecule has 0 unspecified atom stereocenters. The van der Waals surface area contributed by atoms with Crippen LogP contribution in [0.1, 0.15) is 56.8 Å². The van der Waals surface area contributed by atoms with E-state index in [1.165, 1.54) is 0 Å². The van der Waals surface area contributed by atoms with E-state index in [2.05, 4.69) is 15.0 Å². The number of aliphatic hydroxyl groups is 1. The van der Waals surface area contributed by atoms with Gasteiger partial charge in [0, 0.05) is 12.0 Å². The van der Waals surface area contributed by atoms with Gasteiger partial charge >= 0.3 is 0 Å². The molecule has 6 heteroatoms. The maximum Gasteiger partial charge on any atom is 0.240 e. The topological polar surface area (TPSA) is 71.6 Å². The maximum absolute atomic E-state index is 11.2. The second-order valence-corrected chi connectivity index (χ2v) is 7.21. The Kier molecular flexibility index (Phi) is 5.11. The zero-order valence-corrected chi connectivity index (χ0v) is 15.4. The lowest BCUT2D eigenvalue weighted by Crippen LogP contribution is -2.45.